The summed E-state index contributed by atoms with van der Waals surface area (Å²) in [4.78, 5) is 29.3. The minimum Gasteiger partial charge on any atom is -0.465 e. The van der Waals surface area contributed by atoms with Crippen LogP contribution in [-0.2, 0) is 26.2 Å². The third-order valence-corrected chi connectivity index (χ3v) is 6.97. The van der Waals surface area contributed by atoms with E-state index in [1.54, 1.807) is 0 Å². The molecule has 2 aliphatic heterocycles. The molecule has 2 aliphatic rings. The SMILES string of the molecule is CCOC(=O)C1(c2ccccc2)CC[NH+](CCC(=O)N2c3ccccc3C[C@H]2C)CC1. The predicted molar refractivity (Wildman–Crippen MR) is 121 cm³/mol. The molecule has 0 aliphatic carbocycles. The van der Waals surface area contributed by atoms with Crippen LogP contribution in [0.2, 0.25) is 0 Å². The van der Waals surface area contributed by atoms with Crippen molar-refractivity contribution in [3.8, 4) is 0 Å². The molecule has 0 bridgehead atoms. The summed E-state index contributed by atoms with van der Waals surface area (Å²) in [6.45, 7) is 6.92. The van der Waals surface area contributed by atoms with E-state index >= 15 is 0 Å². The number of nitrogens with one attached hydrogen (secondary N) is 1. The fourth-order valence-electron chi connectivity index (χ4n) is 5.27. The van der Waals surface area contributed by atoms with Crippen LogP contribution in [0.3, 0.4) is 0 Å². The van der Waals surface area contributed by atoms with Gasteiger partial charge in [0.15, 0.2) is 0 Å². The Hall–Kier alpha value is -2.66. The number of quaternary nitrogens is 1. The average molecular weight is 422 g/mol. The maximum absolute atomic E-state index is 13.0. The smallest absolute Gasteiger partial charge is 0.317 e. The van der Waals surface area contributed by atoms with E-state index in [2.05, 4.69) is 19.1 Å². The molecule has 31 heavy (non-hydrogen) atoms. The van der Waals surface area contributed by atoms with Crippen LogP contribution in [0.5, 0.6) is 0 Å². The van der Waals surface area contributed by atoms with Crippen molar-refractivity contribution in [3.63, 3.8) is 0 Å². The van der Waals surface area contributed by atoms with E-state index in [-0.39, 0.29) is 17.9 Å². The number of esters is 1. The first-order valence-electron chi connectivity index (χ1n) is 11.5. The molecule has 5 heteroatoms. The molecule has 1 atom stereocenters. The van der Waals surface area contributed by atoms with Gasteiger partial charge in [0.05, 0.1) is 32.7 Å². The first-order chi connectivity index (χ1) is 15.0. The second-order valence-corrected chi connectivity index (χ2v) is 8.86. The maximum atomic E-state index is 13.0. The van der Waals surface area contributed by atoms with Crippen molar-refractivity contribution in [1.29, 1.82) is 0 Å². The van der Waals surface area contributed by atoms with Gasteiger partial charge in [-0.15, -0.1) is 0 Å². The number of anilines is 1. The summed E-state index contributed by atoms with van der Waals surface area (Å²) < 4.78 is 5.48. The first-order valence-corrected chi connectivity index (χ1v) is 11.5. The Morgan fingerprint density at radius 1 is 1.06 bits per heavy atom. The summed E-state index contributed by atoms with van der Waals surface area (Å²) in [5.41, 5.74) is 2.81. The molecule has 2 aromatic carbocycles. The van der Waals surface area contributed by atoms with Gasteiger partial charge in [-0.05, 0) is 37.5 Å². The number of ether oxygens (including phenoxy) is 1. The minimum absolute atomic E-state index is 0.112. The first kappa shape index (κ1) is 21.6. The fraction of sp³-hybridized carbons (Fsp3) is 0.462. The van der Waals surface area contributed by atoms with Crippen LogP contribution in [0.25, 0.3) is 0 Å². The Morgan fingerprint density at radius 3 is 2.45 bits per heavy atom. The van der Waals surface area contributed by atoms with E-state index in [9.17, 15) is 9.59 Å². The zero-order valence-electron chi connectivity index (χ0n) is 18.6. The standard InChI is InChI=1S/C26H32N2O3/c1-3-31-25(30)26(22-10-5-4-6-11-22)14-17-27(18-15-26)16-13-24(29)28-20(2)19-21-9-7-8-12-23(21)28/h4-12,20H,3,13-19H2,1-2H3/p+1/t20-/m1/s1. The van der Waals surface area contributed by atoms with Crippen LogP contribution in [0.15, 0.2) is 54.6 Å². The van der Waals surface area contributed by atoms with Crippen molar-refractivity contribution >= 4 is 17.6 Å². The number of hydrogen-bond donors (Lipinski definition) is 1. The highest BCUT2D eigenvalue weighted by atomic mass is 16.5. The highest BCUT2D eigenvalue weighted by Gasteiger charge is 2.46. The molecule has 0 saturated carbocycles. The van der Waals surface area contributed by atoms with E-state index in [4.69, 9.17) is 4.74 Å². The number of carbonyl (C=O) groups excluding carboxylic acids is 2. The fourth-order valence-corrected chi connectivity index (χ4v) is 5.27. The zero-order chi connectivity index (χ0) is 21.8. The molecular formula is C26H33N2O3+. The second-order valence-electron chi connectivity index (χ2n) is 8.86. The molecule has 1 fully saturated rings. The van der Waals surface area contributed by atoms with Crippen molar-refractivity contribution in [1.82, 2.24) is 0 Å². The number of carbonyl (C=O) groups is 2. The van der Waals surface area contributed by atoms with Gasteiger partial charge >= 0.3 is 5.97 Å². The van der Waals surface area contributed by atoms with Crippen LogP contribution >= 0.6 is 0 Å². The van der Waals surface area contributed by atoms with Crippen LogP contribution in [0.4, 0.5) is 5.69 Å². The highest BCUT2D eigenvalue weighted by molar-refractivity contribution is 5.96. The number of likely N-dealkylation sites (tertiary alicyclic amines) is 1. The van der Waals surface area contributed by atoms with E-state index < -0.39 is 5.41 Å². The van der Waals surface area contributed by atoms with Gasteiger partial charge < -0.3 is 14.5 Å². The number of fused-ring (bicyclic) bond motifs is 1. The Balaban J connectivity index is 1.38. The normalized spacial score (nSPS) is 25.2. The minimum atomic E-state index is -0.562. The van der Waals surface area contributed by atoms with Gasteiger partial charge in [0.1, 0.15) is 5.41 Å². The van der Waals surface area contributed by atoms with E-state index in [0.29, 0.717) is 13.0 Å². The number of amides is 1. The summed E-state index contributed by atoms with van der Waals surface area (Å²) in [7, 11) is 0. The zero-order valence-corrected chi connectivity index (χ0v) is 18.6. The molecule has 0 unspecified atom stereocenters. The predicted octanol–water partition coefficient (Wildman–Crippen LogP) is 2.53. The van der Waals surface area contributed by atoms with E-state index in [1.807, 2.05) is 54.3 Å². The monoisotopic (exact) mass is 421 g/mol. The van der Waals surface area contributed by atoms with Gasteiger partial charge in [-0.2, -0.15) is 0 Å². The van der Waals surface area contributed by atoms with Crippen molar-refractivity contribution in [3.05, 3.63) is 65.7 Å². The number of nitrogens with zero attached hydrogens (tertiary/aromatic N) is 1. The summed E-state index contributed by atoms with van der Waals surface area (Å²) in [6, 6.07) is 18.5. The Labute approximate surface area is 185 Å². The number of para-hydroxylation sites is 1. The molecular weight excluding hydrogens is 388 g/mol. The van der Waals surface area contributed by atoms with Crippen LogP contribution in [-0.4, -0.2) is 44.2 Å². The molecule has 164 valence electrons. The maximum Gasteiger partial charge on any atom is 0.317 e. The molecule has 4 rings (SSSR count). The quantitative estimate of drug-likeness (QED) is 0.730. The molecule has 5 nitrogen and oxygen atoms in total. The topological polar surface area (TPSA) is 51.1 Å². The summed E-state index contributed by atoms with van der Waals surface area (Å²) in [5.74, 6) is 0.0917. The van der Waals surface area contributed by atoms with Gasteiger partial charge in [-0.1, -0.05) is 48.5 Å². The number of benzene rings is 2. The van der Waals surface area contributed by atoms with Crippen LogP contribution < -0.4 is 9.80 Å². The van der Waals surface area contributed by atoms with E-state index in [1.165, 1.54) is 10.5 Å². The van der Waals surface area contributed by atoms with Gasteiger partial charge in [0.25, 0.3) is 0 Å². The number of piperidine rings is 1. The third kappa shape index (κ3) is 4.24. The van der Waals surface area contributed by atoms with Crippen LogP contribution in [0, 0.1) is 0 Å². The summed E-state index contributed by atoms with van der Waals surface area (Å²) in [5, 5.41) is 0. The lowest BCUT2D eigenvalue weighted by molar-refractivity contribution is -0.905. The van der Waals surface area contributed by atoms with Gasteiger partial charge in [0.2, 0.25) is 5.91 Å². The lowest BCUT2D eigenvalue weighted by Crippen LogP contribution is -3.13. The molecule has 0 aromatic heterocycles. The van der Waals surface area contributed by atoms with Crippen molar-refractivity contribution in [2.45, 2.75) is 51.0 Å². The largest absolute Gasteiger partial charge is 0.465 e. The summed E-state index contributed by atoms with van der Waals surface area (Å²) in [6.07, 6.45) is 2.97. The molecule has 0 radical (unpaired) electrons. The highest BCUT2D eigenvalue weighted by Crippen LogP contribution is 2.34. The van der Waals surface area contributed by atoms with Gasteiger partial charge in [0, 0.05) is 24.6 Å². The van der Waals surface area contributed by atoms with Crippen molar-refractivity contribution < 1.29 is 19.2 Å². The Kier molecular flexibility index (Phi) is 6.42. The number of hydrogen-bond acceptors (Lipinski definition) is 3. The molecule has 1 saturated heterocycles. The lowest BCUT2D eigenvalue weighted by atomic mass is 9.72. The molecule has 1 N–H and O–H groups in total. The van der Waals surface area contributed by atoms with Crippen molar-refractivity contribution in [2.24, 2.45) is 0 Å². The lowest BCUT2D eigenvalue weighted by Gasteiger charge is -2.38. The van der Waals surface area contributed by atoms with Crippen LogP contribution in [0.1, 0.15) is 44.2 Å². The summed E-state index contributed by atoms with van der Waals surface area (Å²) >= 11 is 0. The molecule has 1 amide bonds. The number of rotatable bonds is 6. The van der Waals surface area contributed by atoms with E-state index in [0.717, 1.165) is 50.1 Å². The molecule has 2 heterocycles. The van der Waals surface area contributed by atoms with Crippen molar-refractivity contribution in [2.75, 3.05) is 31.1 Å². The van der Waals surface area contributed by atoms with Gasteiger partial charge in [-0.25, -0.2) is 0 Å². The Bertz CT molecular complexity index is 919. The van der Waals surface area contributed by atoms with Gasteiger partial charge in [-0.3, -0.25) is 9.59 Å². The molecule has 0 spiro atoms. The average Bonchev–Trinajstić information content (AvgIpc) is 3.14. The Morgan fingerprint density at radius 2 is 1.74 bits per heavy atom. The molecule has 2 aromatic rings. The second kappa shape index (κ2) is 9.23. The third-order valence-electron chi connectivity index (χ3n) is 6.97.